The van der Waals surface area contributed by atoms with Crippen LogP contribution in [0.2, 0.25) is 0 Å². The standard InChI is InChI=1S/C11H12FN3O3S/c1-3-10-13-11(14-18-10)15-19(16,17)8-4-5-9(12)7(2)6-8/h4-6H,3H2,1-2H3,(H,14,15). The summed E-state index contributed by atoms with van der Waals surface area (Å²) in [5.41, 5.74) is 0.241. The lowest BCUT2D eigenvalue weighted by atomic mass is 10.2. The average Bonchev–Trinajstić information content (AvgIpc) is 2.79. The van der Waals surface area contributed by atoms with Gasteiger partial charge in [0.15, 0.2) is 0 Å². The fourth-order valence-electron chi connectivity index (χ4n) is 1.40. The van der Waals surface area contributed by atoms with E-state index >= 15 is 0 Å². The van der Waals surface area contributed by atoms with Gasteiger partial charge < -0.3 is 4.52 Å². The maximum atomic E-state index is 13.1. The number of hydrogen-bond acceptors (Lipinski definition) is 5. The molecule has 0 aliphatic carbocycles. The molecular formula is C11H12FN3O3S. The number of aromatic nitrogens is 2. The van der Waals surface area contributed by atoms with Gasteiger partial charge in [0.05, 0.1) is 4.90 Å². The molecule has 19 heavy (non-hydrogen) atoms. The molecule has 8 heteroatoms. The third-order valence-electron chi connectivity index (χ3n) is 2.44. The van der Waals surface area contributed by atoms with Crippen LogP contribution >= 0.6 is 0 Å². The van der Waals surface area contributed by atoms with Crippen LogP contribution in [0.4, 0.5) is 10.3 Å². The normalized spacial score (nSPS) is 11.5. The summed E-state index contributed by atoms with van der Waals surface area (Å²) in [5.74, 6) is -0.279. The summed E-state index contributed by atoms with van der Waals surface area (Å²) in [6, 6.07) is 3.50. The monoisotopic (exact) mass is 285 g/mol. The molecule has 0 radical (unpaired) electrons. The molecule has 102 valence electrons. The van der Waals surface area contributed by atoms with Crippen LogP contribution in [-0.2, 0) is 16.4 Å². The lowest BCUT2D eigenvalue weighted by molar-refractivity contribution is 0.383. The molecule has 0 amide bonds. The Bertz CT molecular complexity index is 697. The van der Waals surface area contributed by atoms with Crippen molar-refractivity contribution in [1.29, 1.82) is 0 Å². The van der Waals surface area contributed by atoms with Crippen LogP contribution in [0.25, 0.3) is 0 Å². The summed E-state index contributed by atoms with van der Waals surface area (Å²) < 4.78 is 44.1. The number of anilines is 1. The summed E-state index contributed by atoms with van der Waals surface area (Å²) in [4.78, 5) is 3.78. The van der Waals surface area contributed by atoms with Gasteiger partial charge in [-0.1, -0.05) is 6.92 Å². The van der Waals surface area contributed by atoms with Gasteiger partial charge in [0.1, 0.15) is 5.82 Å². The van der Waals surface area contributed by atoms with Crippen molar-refractivity contribution in [2.45, 2.75) is 25.2 Å². The summed E-state index contributed by atoms with van der Waals surface area (Å²) in [5, 5.41) is 3.49. The lowest BCUT2D eigenvalue weighted by Gasteiger charge is -2.05. The summed E-state index contributed by atoms with van der Waals surface area (Å²) in [6.07, 6.45) is 0.504. The van der Waals surface area contributed by atoms with E-state index in [0.29, 0.717) is 12.3 Å². The highest BCUT2D eigenvalue weighted by molar-refractivity contribution is 7.92. The number of sulfonamides is 1. The van der Waals surface area contributed by atoms with Crippen LogP contribution in [0, 0.1) is 12.7 Å². The summed E-state index contributed by atoms with van der Waals surface area (Å²) >= 11 is 0. The van der Waals surface area contributed by atoms with Gasteiger partial charge in [-0.3, -0.25) is 0 Å². The van der Waals surface area contributed by atoms with Gasteiger partial charge in [-0.05, 0) is 35.8 Å². The van der Waals surface area contributed by atoms with Gasteiger partial charge in [0.2, 0.25) is 5.89 Å². The molecular weight excluding hydrogens is 273 g/mol. The molecule has 1 aromatic carbocycles. The molecule has 1 N–H and O–H groups in total. The number of nitrogens with one attached hydrogen (secondary N) is 1. The number of nitrogens with zero attached hydrogens (tertiary/aromatic N) is 2. The van der Waals surface area contributed by atoms with Gasteiger partial charge in [0.25, 0.3) is 16.0 Å². The van der Waals surface area contributed by atoms with Crippen LogP contribution in [0.5, 0.6) is 0 Å². The van der Waals surface area contributed by atoms with E-state index < -0.39 is 15.8 Å². The molecule has 0 saturated heterocycles. The molecule has 2 rings (SSSR count). The van der Waals surface area contributed by atoms with Gasteiger partial charge in [-0.15, -0.1) is 0 Å². The van der Waals surface area contributed by atoms with E-state index in [1.54, 1.807) is 6.92 Å². The Labute approximate surface area is 109 Å². The number of aryl methyl sites for hydroxylation is 2. The fourth-order valence-corrected chi connectivity index (χ4v) is 2.42. The predicted octanol–water partition coefficient (Wildman–Crippen LogP) is 1.88. The molecule has 0 saturated carbocycles. The maximum Gasteiger partial charge on any atom is 0.277 e. The molecule has 0 fully saturated rings. The van der Waals surface area contributed by atoms with Crippen molar-refractivity contribution in [3.05, 3.63) is 35.5 Å². The van der Waals surface area contributed by atoms with E-state index in [1.165, 1.54) is 19.1 Å². The Morgan fingerprint density at radius 3 is 2.74 bits per heavy atom. The summed E-state index contributed by atoms with van der Waals surface area (Å²) in [6.45, 7) is 3.28. The third-order valence-corrected chi connectivity index (χ3v) is 3.76. The second-order valence-corrected chi connectivity index (χ2v) is 5.56. The Morgan fingerprint density at radius 2 is 2.16 bits per heavy atom. The first-order valence-electron chi connectivity index (χ1n) is 5.54. The van der Waals surface area contributed by atoms with Gasteiger partial charge in [-0.2, -0.15) is 4.98 Å². The van der Waals surface area contributed by atoms with Crippen molar-refractivity contribution >= 4 is 16.0 Å². The largest absolute Gasteiger partial charge is 0.337 e. The highest BCUT2D eigenvalue weighted by Crippen LogP contribution is 2.17. The molecule has 0 aliphatic rings. The zero-order valence-electron chi connectivity index (χ0n) is 10.3. The maximum absolute atomic E-state index is 13.1. The van der Waals surface area contributed by atoms with Crippen molar-refractivity contribution in [2.75, 3.05) is 4.72 Å². The quantitative estimate of drug-likeness (QED) is 0.927. The van der Waals surface area contributed by atoms with Crippen LogP contribution in [0.3, 0.4) is 0 Å². The van der Waals surface area contributed by atoms with E-state index in [2.05, 4.69) is 14.9 Å². The number of hydrogen-bond donors (Lipinski definition) is 1. The number of rotatable bonds is 4. The molecule has 0 spiro atoms. The van der Waals surface area contributed by atoms with Crippen molar-refractivity contribution in [3.8, 4) is 0 Å². The predicted molar refractivity (Wildman–Crippen MR) is 65.6 cm³/mol. The minimum absolute atomic E-state index is 0.0609. The molecule has 0 atom stereocenters. The lowest BCUT2D eigenvalue weighted by Crippen LogP contribution is -2.14. The zero-order chi connectivity index (χ0) is 14.0. The van der Waals surface area contributed by atoms with Gasteiger partial charge in [-0.25, -0.2) is 17.5 Å². The van der Waals surface area contributed by atoms with Gasteiger partial charge >= 0.3 is 0 Å². The first-order valence-corrected chi connectivity index (χ1v) is 7.02. The topological polar surface area (TPSA) is 85.1 Å². The van der Waals surface area contributed by atoms with Crippen molar-refractivity contribution in [1.82, 2.24) is 10.1 Å². The van der Waals surface area contributed by atoms with Gasteiger partial charge in [0, 0.05) is 6.42 Å². The first-order chi connectivity index (χ1) is 8.92. The van der Waals surface area contributed by atoms with E-state index in [9.17, 15) is 12.8 Å². The SMILES string of the molecule is CCc1nc(NS(=O)(=O)c2ccc(F)c(C)c2)no1. The second kappa shape index (κ2) is 4.96. The van der Waals surface area contributed by atoms with Crippen molar-refractivity contribution in [3.63, 3.8) is 0 Å². The fraction of sp³-hybridized carbons (Fsp3) is 0.273. The number of benzene rings is 1. The van der Waals surface area contributed by atoms with Crippen LogP contribution in [0.15, 0.2) is 27.6 Å². The molecule has 0 unspecified atom stereocenters. The Kier molecular flexibility index (Phi) is 3.52. The Morgan fingerprint density at radius 1 is 1.42 bits per heavy atom. The minimum Gasteiger partial charge on any atom is -0.337 e. The number of halogens is 1. The van der Waals surface area contributed by atoms with Crippen LogP contribution < -0.4 is 4.72 Å². The smallest absolute Gasteiger partial charge is 0.277 e. The van der Waals surface area contributed by atoms with Crippen molar-refractivity contribution in [2.24, 2.45) is 0 Å². The highest BCUT2D eigenvalue weighted by atomic mass is 32.2. The van der Waals surface area contributed by atoms with Crippen molar-refractivity contribution < 1.29 is 17.3 Å². The molecule has 6 nitrogen and oxygen atoms in total. The second-order valence-electron chi connectivity index (χ2n) is 3.88. The average molecular weight is 285 g/mol. The van der Waals surface area contributed by atoms with Crippen LogP contribution in [0.1, 0.15) is 18.4 Å². The minimum atomic E-state index is -3.85. The third kappa shape index (κ3) is 2.90. The van der Waals surface area contributed by atoms with E-state index in [4.69, 9.17) is 4.52 Å². The molecule has 1 heterocycles. The Hall–Kier alpha value is -1.96. The zero-order valence-corrected chi connectivity index (χ0v) is 11.2. The van der Waals surface area contributed by atoms with E-state index in [-0.39, 0.29) is 16.4 Å². The highest BCUT2D eigenvalue weighted by Gasteiger charge is 2.18. The van der Waals surface area contributed by atoms with E-state index in [1.807, 2.05) is 0 Å². The van der Waals surface area contributed by atoms with E-state index in [0.717, 1.165) is 6.07 Å². The summed E-state index contributed by atoms with van der Waals surface area (Å²) in [7, 11) is -3.85. The molecule has 1 aromatic heterocycles. The van der Waals surface area contributed by atoms with Crippen LogP contribution in [-0.4, -0.2) is 18.6 Å². The molecule has 0 bridgehead atoms. The first kappa shape index (κ1) is 13.5. The molecule has 0 aliphatic heterocycles. The molecule has 2 aromatic rings. The Balaban J connectivity index is 2.29.